The van der Waals surface area contributed by atoms with Crippen molar-refractivity contribution in [1.29, 1.82) is 0 Å². The zero-order chi connectivity index (χ0) is 14.1. The van der Waals surface area contributed by atoms with E-state index in [1.54, 1.807) is 30.3 Å². The van der Waals surface area contributed by atoms with Crippen molar-refractivity contribution in [2.75, 3.05) is 5.73 Å². The molecular weight excluding hydrogens is 274 g/mol. The van der Waals surface area contributed by atoms with Crippen LogP contribution in [-0.4, -0.2) is 14.9 Å². The van der Waals surface area contributed by atoms with E-state index in [0.717, 1.165) is 5.56 Å². The Bertz CT molecular complexity index is 750. The van der Waals surface area contributed by atoms with Crippen molar-refractivity contribution in [3.63, 3.8) is 0 Å². The van der Waals surface area contributed by atoms with E-state index < -0.39 is 0 Å². The normalized spacial score (nSPS) is 10.7. The second kappa shape index (κ2) is 4.90. The number of aromatic nitrogens is 2. The third kappa shape index (κ3) is 2.21. The van der Waals surface area contributed by atoms with Gasteiger partial charge in [-0.25, -0.2) is 0 Å². The van der Waals surface area contributed by atoms with Crippen molar-refractivity contribution >= 4 is 17.3 Å². The number of rotatable bonds is 2. The number of hydrogen-bond acceptors (Lipinski definition) is 3. The molecule has 0 radical (unpaired) electrons. The van der Waals surface area contributed by atoms with E-state index >= 15 is 0 Å². The summed E-state index contributed by atoms with van der Waals surface area (Å²) in [6.45, 7) is 0. The molecule has 0 atom stereocenters. The predicted molar refractivity (Wildman–Crippen MR) is 80.1 cm³/mol. The minimum Gasteiger partial charge on any atom is -0.493 e. The quantitative estimate of drug-likeness (QED) is 0.709. The van der Waals surface area contributed by atoms with Crippen LogP contribution in [0.4, 0.5) is 5.69 Å². The lowest BCUT2D eigenvalue weighted by Gasteiger charge is -2.04. The minimum absolute atomic E-state index is 0.0323. The minimum atomic E-state index is 0.0323. The Hall–Kier alpha value is -2.46. The van der Waals surface area contributed by atoms with Crippen LogP contribution in [0.15, 0.2) is 54.6 Å². The standard InChI is InChI=1S/C15H12ClN3O/c16-12-3-1-2-4-14(12)19-15(20)9-13(18-19)10-5-7-11(17)8-6-10/h1-9,20H,17H2. The maximum atomic E-state index is 10.0. The van der Waals surface area contributed by atoms with Gasteiger partial charge >= 0.3 is 0 Å². The molecule has 0 unspecified atom stereocenters. The molecule has 0 saturated heterocycles. The third-order valence-corrected chi connectivity index (χ3v) is 3.30. The topological polar surface area (TPSA) is 64.1 Å². The summed E-state index contributed by atoms with van der Waals surface area (Å²) in [5.74, 6) is 0.0323. The van der Waals surface area contributed by atoms with Crippen LogP contribution in [0.5, 0.6) is 5.88 Å². The Kier molecular flexibility index (Phi) is 3.08. The van der Waals surface area contributed by atoms with Gasteiger partial charge in [0.15, 0.2) is 0 Å². The van der Waals surface area contributed by atoms with E-state index in [1.807, 2.05) is 24.3 Å². The number of anilines is 1. The lowest BCUT2D eigenvalue weighted by atomic mass is 10.1. The molecule has 0 spiro atoms. The monoisotopic (exact) mass is 285 g/mol. The highest BCUT2D eigenvalue weighted by Crippen LogP contribution is 2.28. The number of nitrogens with zero attached hydrogens (tertiary/aromatic N) is 2. The van der Waals surface area contributed by atoms with E-state index in [4.69, 9.17) is 17.3 Å². The maximum absolute atomic E-state index is 10.0. The number of nitrogen functional groups attached to an aromatic ring is 1. The van der Waals surface area contributed by atoms with Gasteiger partial charge in [0.25, 0.3) is 0 Å². The van der Waals surface area contributed by atoms with Crippen LogP contribution < -0.4 is 5.73 Å². The van der Waals surface area contributed by atoms with Gasteiger partial charge < -0.3 is 10.8 Å². The number of nitrogens with two attached hydrogens (primary N) is 1. The first-order valence-electron chi connectivity index (χ1n) is 6.05. The molecule has 3 rings (SSSR count). The summed E-state index contributed by atoms with van der Waals surface area (Å²) in [5, 5.41) is 14.9. The number of para-hydroxylation sites is 1. The lowest BCUT2D eigenvalue weighted by molar-refractivity contribution is 0.433. The fourth-order valence-corrected chi connectivity index (χ4v) is 2.18. The van der Waals surface area contributed by atoms with Gasteiger partial charge in [0.1, 0.15) is 0 Å². The molecule has 1 heterocycles. The zero-order valence-electron chi connectivity index (χ0n) is 10.5. The number of aromatic hydroxyl groups is 1. The maximum Gasteiger partial charge on any atom is 0.214 e. The molecule has 0 saturated carbocycles. The SMILES string of the molecule is Nc1ccc(-c2cc(O)n(-c3ccccc3Cl)n2)cc1. The molecule has 20 heavy (non-hydrogen) atoms. The summed E-state index contributed by atoms with van der Waals surface area (Å²) in [7, 11) is 0. The van der Waals surface area contributed by atoms with Crippen LogP contribution in [0.2, 0.25) is 5.02 Å². The van der Waals surface area contributed by atoms with Gasteiger partial charge in [-0.3, -0.25) is 0 Å². The van der Waals surface area contributed by atoms with E-state index in [-0.39, 0.29) is 5.88 Å². The van der Waals surface area contributed by atoms with Crippen molar-refractivity contribution < 1.29 is 5.11 Å². The first-order chi connectivity index (χ1) is 9.65. The van der Waals surface area contributed by atoms with Crippen LogP contribution in [0, 0.1) is 0 Å². The number of benzene rings is 2. The molecule has 0 amide bonds. The van der Waals surface area contributed by atoms with Gasteiger partial charge in [0.2, 0.25) is 5.88 Å². The fourth-order valence-electron chi connectivity index (χ4n) is 1.97. The lowest BCUT2D eigenvalue weighted by Crippen LogP contribution is -1.96. The highest BCUT2D eigenvalue weighted by molar-refractivity contribution is 6.32. The summed E-state index contributed by atoms with van der Waals surface area (Å²) < 4.78 is 1.41. The Labute approximate surface area is 121 Å². The molecular formula is C15H12ClN3O. The summed E-state index contributed by atoms with van der Waals surface area (Å²) in [4.78, 5) is 0. The van der Waals surface area contributed by atoms with Crippen molar-refractivity contribution in [2.24, 2.45) is 0 Å². The summed E-state index contributed by atoms with van der Waals surface area (Å²) in [6, 6.07) is 16.1. The van der Waals surface area contributed by atoms with Gasteiger partial charge in [0, 0.05) is 17.3 Å². The number of hydrogen-bond donors (Lipinski definition) is 2. The largest absolute Gasteiger partial charge is 0.493 e. The summed E-state index contributed by atoms with van der Waals surface area (Å²) in [6.07, 6.45) is 0. The van der Waals surface area contributed by atoms with Crippen molar-refractivity contribution in [3.05, 3.63) is 59.6 Å². The molecule has 1 aromatic heterocycles. The Morgan fingerprint density at radius 3 is 2.45 bits per heavy atom. The number of halogens is 1. The Morgan fingerprint density at radius 2 is 1.75 bits per heavy atom. The van der Waals surface area contributed by atoms with Crippen LogP contribution in [-0.2, 0) is 0 Å². The highest BCUT2D eigenvalue weighted by atomic mass is 35.5. The second-order valence-corrected chi connectivity index (χ2v) is 4.78. The molecule has 0 fully saturated rings. The molecule has 3 aromatic rings. The predicted octanol–water partition coefficient (Wildman–Crippen LogP) is 3.48. The first-order valence-corrected chi connectivity index (χ1v) is 6.43. The summed E-state index contributed by atoms with van der Waals surface area (Å²) >= 11 is 6.12. The van der Waals surface area contributed by atoms with Crippen molar-refractivity contribution in [2.45, 2.75) is 0 Å². The molecule has 100 valence electrons. The van der Waals surface area contributed by atoms with E-state index in [2.05, 4.69) is 5.10 Å². The van der Waals surface area contributed by atoms with Gasteiger partial charge in [-0.1, -0.05) is 35.9 Å². The highest BCUT2D eigenvalue weighted by Gasteiger charge is 2.12. The van der Waals surface area contributed by atoms with Crippen LogP contribution >= 0.6 is 11.6 Å². The third-order valence-electron chi connectivity index (χ3n) is 2.98. The van der Waals surface area contributed by atoms with E-state index in [9.17, 15) is 5.11 Å². The van der Waals surface area contributed by atoms with E-state index in [1.165, 1.54) is 4.68 Å². The molecule has 2 aromatic carbocycles. The Morgan fingerprint density at radius 1 is 1.05 bits per heavy atom. The Balaban J connectivity index is 2.08. The average molecular weight is 286 g/mol. The van der Waals surface area contributed by atoms with Crippen molar-refractivity contribution in [1.82, 2.24) is 9.78 Å². The molecule has 5 heteroatoms. The van der Waals surface area contributed by atoms with Gasteiger partial charge in [-0.05, 0) is 24.3 Å². The molecule has 0 aliphatic carbocycles. The fraction of sp³-hybridized carbons (Fsp3) is 0. The molecule has 0 aliphatic rings. The second-order valence-electron chi connectivity index (χ2n) is 4.37. The molecule has 4 nitrogen and oxygen atoms in total. The molecule has 0 bridgehead atoms. The van der Waals surface area contributed by atoms with Crippen LogP contribution in [0.25, 0.3) is 16.9 Å². The van der Waals surface area contributed by atoms with Crippen LogP contribution in [0.1, 0.15) is 0 Å². The van der Waals surface area contributed by atoms with Gasteiger partial charge in [-0.15, -0.1) is 0 Å². The molecule has 0 aliphatic heterocycles. The smallest absolute Gasteiger partial charge is 0.214 e. The zero-order valence-corrected chi connectivity index (χ0v) is 11.2. The first kappa shape index (κ1) is 12.6. The van der Waals surface area contributed by atoms with Crippen molar-refractivity contribution in [3.8, 4) is 22.8 Å². The van der Waals surface area contributed by atoms with E-state index in [0.29, 0.717) is 22.1 Å². The average Bonchev–Trinajstić information content (AvgIpc) is 2.82. The van der Waals surface area contributed by atoms with Gasteiger partial charge in [-0.2, -0.15) is 9.78 Å². The van der Waals surface area contributed by atoms with Gasteiger partial charge in [0.05, 0.1) is 16.4 Å². The molecule has 3 N–H and O–H groups in total. The van der Waals surface area contributed by atoms with Crippen LogP contribution in [0.3, 0.4) is 0 Å². The summed E-state index contributed by atoms with van der Waals surface area (Å²) in [5.41, 5.74) is 8.51.